The molecule has 2 nitrogen and oxygen atoms in total. The summed E-state index contributed by atoms with van der Waals surface area (Å²) in [6.07, 6.45) is -0.625. The van der Waals surface area contributed by atoms with E-state index in [1.54, 1.807) is 0 Å². The van der Waals surface area contributed by atoms with Gasteiger partial charge in [0.05, 0.1) is 0 Å². The average molecular weight is 199 g/mol. The molecule has 0 bridgehead atoms. The lowest BCUT2D eigenvalue weighted by Crippen LogP contribution is -2.14. The van der Waals surface area contributed by atoms with Crippen LogP contribution in [0.2, 0.25) is 0 Å². The molecule has 2 atom stereocenters. The fourth-order valence-electron chi connectivity index (χ4n) is 1.73. The summed E-state index contributed by atoms with van der Waals surface area (Å²) >= 11 is 0. The van der Waals surface area contributed by atoms with E-state index in [0.29, 0.717) is 5.56 Å². The van der Waals surface area contributed by atoms with Gasteiger partial charge >= 0.3 is 0 Å². The molecular weight excluding hydrogens is 188 g/mol. The van der Waals surface area contributed by atoms with E-state index in [9.17, 15) is 13.9 Å². The Labute approximate surface area is 80.6 Å². The number of hydrogen-bond donors (Lipinski definition) is 2. The van der Waals surface area contributed by atoms with E-state index < -0.39 is 12.0 Å². The molecule has 2 N–H and O–H groups in total. The zero-order valence-electron chi connectivity index (χ0n) is 7.50. The van der Waals surface area contributed by atoms with Gasteiger partial charge in [-0.15, -0.1) is 0 Å². The lowest BCUT2D eigenvalue weighted by Gasteiger charge is -2.11. The highest BCUT2D eigenvalue weighted by Gasteiger charge is 2.26. The normalized spacial score (nSPS) is 26.7. The van der Waals surface area contributed by atoms with Gasteiger partial charge in [-0.05, 0) is 24.6 Å². The molecule has 1 aromatic rings. The van der Waals surface area contributed by atoms with Crippen molar-refractivity contribution in [3.8, 4) is 5.75 Å². The predicted molar refractivity (Wildman–Crippen MR) is 48.3 cm³/mol. The van der Waals surface area contributed by atoms with Crippen molar-refractivity contribution in [1.29, 1.82) is 0 Å². The maximum absolute atomic E-state index is 12.9. The van der Waals surface area contributed by atoms with Gasteiger partial charge < -0.3 is 10.4 Å². The molecule has 1 aliphatic heterocycles. The maximum Gasteiger partial charge on any atom is 0.123 e. The molecule has 0 aliphatic carbocycles. The molecule has 1 heterocycles. The van der Waals surface area contributed by atoms with Crippen molar-refractivity contribution in [2.45, 2.75) is 18.6 Å². The fraction of sp³-hybridized carbons (Fsp3) is 0.400. The zero-order valence-corrected chi connectivity index (χ0v) is 7.50. The van der Waals surface area contributed by atoms with E-state index >= 15 is 0 Å². The van der Waals surface area contributed by atoms with Gasteiger partial charge in [-0.2, -0.15) is 0 Å². The Balaban J connectivity index is 2.27. The summed E-state index contributed by atoms with van der Waals surface area (Å²) in [6, 6.07) is 3.43. The Kier molecular flexibility index (Phi) is 2.37. The first kappa shape index (κ1) is 9.40. The molecule has 0 amide bonds. The third-order valence-electron chi connectivity index (χ3n) is 2.44. The highest BCUT2D eigenvalue weighted by Crippen LogP contribution is 2.31. The predicted octanol–water partition coefficient (Wildman–Crippen LogP) is 1.90. The molecule has 0 spiro atoms. The van der Waals surface area contributed by atoms with Crippen LogP contribution in [0.15, 0.2) is 18.2 Å². The number of aromatic hydroxyl groups is 1. The minimum atomic E-state index is -0.914. The van der Waals surface area contributed by atoms with E-state index in [1.165, 1.54) is 18.2 Å². The fourth-order valence-corrected chi connectivity index (χ4v) is 1.73. The van der Waals surface area contributed by atoms with Crippen LogP contribution in [0, 0.1) is 5.82 Å². The summed E-state index contributed by atoms with van der Waals surface area (Å²) in [6.45, 7) is 0.265. The molecule has 1 aromatic carbocycles. The second kappa shape index (κ2) is 3.53. The molecular formula is C10H11F2NO. The van der Waals surface area contributed by atoms with Crippen LogP contribution in [-0.4, -0.2) is 17.8 Å². The number of halogens is 2. The Morgan fingerprint density at radius 3 is 2.86 bits per heavy atom. The largest absolute Gasteiger partial charge is 0.508 e. The van der Waals surface area contributed by atoms with Crippen LogP contribution in [0.3, 0.4) is 0 Å². The molecule has 0 radical (unpaired) electrons. The smallest absolute Gasteiger partial charge is 0.123 e. The number of phenols is 1. The molecule has 2 rings (SSSR count). The molecule has 1 aliphatic rings. The third kappa shape index (κ3) is 1.70. The van der Waals surface area contributed by atoms with Gasteiger partial charge in [0, 0.05) is 18.2 Å². The molecule has 0 aromatic heterocycles. The second-order valence-electron chi connectivity index (χ2n) is 3.50. The number of nitrogens with one attached hydrogen (secondary N) is 1. The molecule has 1 saturated heterocycles. The number of benzene rings is 1. The van der Waals surface area contributed by atoms with E-state index in [4.69, 9.17) is 0 Å². The second-order valence-corrected chi connectivity index (χ2v) is 3.50. The van der Waals surface area contributed by atoms with Crippen molar-refractivity contribution < 1.29 is 13.9 Å². The van der Waals surface area contributed by atoms with Crippen molar-refractivity contribution in [3.63, 3.8) is 0 Å². The third-order valence-corrected chi connectivity index (χ3v) is 2.44. The van der Waals surface area contributed by atoms with Gasteiger partial charge in [-0.25, -0.2) is 8.78 Å². The van der Waals surface area contributed by atoms with Crippen LogP contribution in [-0.2, 0) is 0 Å². The number of phenolic OH excluding ortho intramolecular Hbond substituents is 1. The van der Waals surface area contributed by atoms with Gasteiger partial charge in [0.15, 0.2) is 0 Å². The van der Waals surface area contributed by atoms with Gasteiger partial charge in [-0.3, -0.25) is 0 Å². The summed E-state index contributed by atoms with van der Waals surface area (Å²) in [5.74, 6) is -0.403. The quantitative estimate of drug-likeness (QED) is 0.724. The minimum Gasteiger partial charge on any atom is -0.508 e. The number of alkyl halides is 1. The highest BCUT2D eigenvalue weighted by atomic mass is 19.1. The lowest BCUT2D eigenvalue weighted by molar-refractivity contribution is 0.354. The Morgan fingerprint density at radius 1 is 1.43 bits per heavy atom. The monoisotopic (exact) mass is 199 g/mol. The van der Waals surface area contributed by atoms with Crippen LogP contribution in [0.5, 0.6) is 5.75 Å². The van der Waals surface area contributed by atoms with Gasteiger partial charge in [0.2, 0.25) is 0 Å². The van der Waals surface area contributed by atoms with Crippen molar-refractivity contribution in [2.24, 2.45) is 0 Å². The van der Waals surface area contributed by atoms with Crippen molar-refractivity contribution in [1.82, 2.24) is 5.32 Å². The molecule has 76 valence electrons. The molecule has 0 unspecified atom stereocenters. The summed E-state index contributed by atoms with van der Waals surface area (Å²) < 4.78 is 25.7. The Hall–Kier alpha value is -1.16. The van der Waals surface area contributed by atoms with Crippen LogP contribution in [0.1, 0.15) is 18.0 Å². The Bertz CT molecular complexity index is 343. The van der Waals surface area contributed by atoms with Crippen molar-refractivity contribution in [3.05, 3.63) is 29.6 Å². The average Bonchev–Trinajstić information content (AvgIpc) is 2.56. The highest BCUT2D eigenvalue weighted by molar-refractivity contribution is 5.35. The Morgan fingerprint density at radius 2 is 2.21 bits per heavy atom. The maximum atomic E-state index is 12.9. The minimum absolute atomic E-state index is 0.0120. The first-order valence-corrected chi connectivity index (χ1v) is 4.52. The van der Waals surface area contributed by atoms with Crippen LogP contribution in [0.4, 0.5) is 8.78 Å². The number of rotatable bonds is 1. The first-order chi connectivity index (χ1) is 6.66. The van der Waals surface area contributed by atoms with E-state index in [1.807, 2.05) is 0 Å². The topological polar surface area (TPSA) is 32.3 Å². The van der Waals surface area contributed by atoms with Gasteiger partial charge in [0.1, 0.15) is 17.7 Å². The van der Waals surface area contributed by atoms with E-state index in [0.717, 1.165) is 0 Å². The molecule has 14 heavy (non-hydrogen) atoms. The van der Waals surface area contributed by atoms with Crippen LogP contribution < -0.4 is 5.32 Å². The van der Waals surface area contributed by atoms with Crippen molar-refractivity contribution >= 4 is 0 Å². The molecule has 1 fully saturated rings. The van der Waals surface area contributed by atoms with Crippen LogP contribution in [0.25, 0.3) is 0 Å². The van der Waals surface area contributed by atoms with Gasteiger partial charge in [0.25, 0.3) is 0 Å². The summed E-state index contributed by atoms with van der Waals surface area (Å²) in [5, 5.41) is 12.3. The summed E-state index contributed by atoms with van der Waals surface area (Å²) in [4.78, 5) is 0. The first-order valence-electron chi connectivity index (χ1n) is 4.52. The summed E-state index contributed by atoms with van der Waals surface area (Å²) in [7, 11) is 0. The molecule has 4 heteroatoms. The van der Waals surface area contributed by atoms with E-state index in [-0.39, 0.29) is 24.8 Å². The summed E-state index contributed by atoms with van der Waals surface area (Å²) in [5.41, 5.74) is 0.435. The molecule has 0 saturated carbocycles. The van der Waals surface area contributed by atoms with Gasteiger partial charge in [-0.1, -0.05) is 0 Å². The van der Waals surface area contributed by atoms with Crippen molar-refractivity contribution in [2.75, 3.05) is 6.54 Å². The van der Waals surface area contributed by atoms with E-state index in [2.05, 4.69) is 5.32 Å². The standard InChI is InChI=1S/C10H11F2NO/c11-6-1-2-10(14)8(3-6)9-4-7(12)5-13-9/h1-3,7,9,13-14H,4-5H2/t7-,9+/m0/s1. The van der Waals surface area contributed by atoms with Crippen LogP contribution >= 0.6 is 0 Å². The lowest BCUT2D eigenvalue weighted by atomic mass is 10.0. The number of hydrogen-bond acceptors (Lipinski definition) is 2. The zero-order chi connectivity index (χ0) is 10.1. The SMILES string of the molecule is Oc1ccc(F)cc1[C@H]1C[C@H](F)CN1.